The van der Waals surface area contributed by atoms with Gasteiger partial charge in [0.1, 0.15) is 5.56 Å². The van der Waals surface area contributed by atoms with Crippen molar-refractivity contribution in [3.63, 3.8) is 0 Å². The molecule has 1 aromatic carbocycles. The molecule has 0 atom stereocenters. The van der Waals surface area contributed by atoms with Crippen LogP contribution in [0.1, 0.15) is 39.8 Å². The van der Waals surface area contributed by atoms with Crippen LogP contribution in [0.15, 0.2) is 29.2 Å². The lowest BCUT2D eigenvalue weighted by Crippen LogP contribution is -2.37. The summed E-state index contributed by atoms with van der Waals surface area (Å²) in [5.74, 6) is -0.437. The first-order chi connectivity index (χ1) is 13.5. The summed E-state index contributed by atoms with van der Waals surface area (Å²) in [7, 11) is 0. The number of thiazole rings is 1. The van der Waals surface area contributed by atoms with E-state index in [2.05, 4.69) is 15.6 Å². The van der Waals surface area contributed by atoms with Crippen LogP contribution in [0.5, 0.6) is 0 Å². The Hall–Kier alpha value is -2.22. The molecular formula is C20H21ClN4O2S. The molecule has 1 saturated heterocycles. The maximum absolute atomic E-state index is 13.1. The minimum absolute atomic E-state index is 0.112. The fraction of sp³-hybridized carbons (Fsp3) is 0.350. The van der Waals surface area contributed by atoms with Gasteiger partial charge in [0.05, 0.1) is 25.9 Å². The molecule has 28 heavy (non-hydrogen) atoms. The number of carbonyl (C=O) groups excluding carboxylic acids is 1. The number of fused-ring (bicyclic) bond motifs is 1. The second-order valence-electron chi connectivity index (χ2n) is 7.03. The fourth-order valence-corrected chi connectivity index (χ4v) is 4.82. The van der Waals surface area contributed by atoms with Gasteiger partial charge in [0.15, 0.2) is 0 Å². The van der Waals surface area contributed by atoms with E-state index in [0.29, 0.717) is 16.3 Å². The molecule has 3 aromatic rings. The van der Waals surface area contributed by atoms with Crippen molar-refractivity contribution in [1.82, 2.24) is 14.9 Å². The molecule has 1 fully saturated rings. The van der Waals surface area contributed by atoms with Crippen molar-refractivity contribution in [2.24, 2.45) is 0 Å². The number of nitrogens with one attached hydrogen (secondary N) is 2. The molecule has 2 aromatic heterocycles. The maximum Gasteiger partial charge on any atom is 0.263 e. The minimum Gasteiger partial charge on any atom is -0.320 e. The fourth-order valence-electron chi connectivity index (χ4n) is 3.64. The van der Waals surface area contributed by atoms with Gasteiger partial charge in [-0.15, -0.1) is 11.3 Å². The number of aryl methyl sites for hydroxylation is 2. The molecule has 1 aliphatic heterocycles. The van der Waals surface area contributed by atoms with E-state index in [1.165, 1.54) is 11.3 Å². The van der Waals surface area contributed by atoms with E-state index in [1.54, 1.807) is 23.8 Å². The summed E-state index contributed by atoms with van der Waals surface area (Å²) >= 11 is 7.96. The molecule has 3 heterocycles. The molecule has 0 saturated carbocycles. The first-order valence-corrected chi connectivity index (χ1v) is 10.4. The number of pyridine rings is 1. The highest BCUT2D eigenvalue weighted by Gasteiger charge is 2.22. The summed E-state index contributed by atoms with van der Waals surface area (Å²) in [6.07, 6.45) is 3.54. The Morgan fingerprint density at radius 1 is 1.29 bits per heavy atom. The Kier molecular flexibility index (Phi) is 5.23. The molecule has 0 aliphatic carbocycles. The summed E-state index contributed by atoms with van der Waals surface area (Å²) in [4.78, 5) is 30.4. The standard InChI is InChI=1S/C20H21ClN4O2S/c1-11-7-10-25(13-5-8-22-9-6-13)20(27)16(11)19(26)24-14-3-4-15-18(17(14)21)28-12(2)23-15/h3-4,7,10,13,22H,5-6,8-9H2,1-2H3,(H,24,26). The van der Waals surface area contributed by atoms with Gasteiger partial charge in [0.25, 0.3) is 11.5 Å². The number of nitrogens with zero attached hydrogens (tertiary/aromatic N) is 2. The van der Waals surface area contributed by atoms with Gasteiger partial charge in [-0.05, 0) is 63.5 Å². The van der Waals surface area contributed by atoms with Crippen molar-refractivity contribution in [3.8, 4) is 0 Å². The highest BCUT2D eigenvalue weighted by Crippen LogP contribution is 2.35. The quantitative estimate of drug-likeness (QED) is 0.678. The van der Waals surface area contributed by atoms with E-state index in [9.17, 15) is 9.59 Å². The Bertz CT molecular complexity index is 1120. The third kappa shape index (κ3) is 3.45. The molecule has 1 aliphatic rings. The predicted octanol–water partition coefficient (Wildman–Crippen LogP) is 3.91. The Morgan fingerprint density at radius 3 is 2.79 bits per heavy atom. The first kappa shape index (κ1) is 19.1. The van der Waals surface area contributed by atoms with Crippen molar-refractivity contribution >= 4 is 44.7 Å². The molecule has 6 nitrogen and oxygen atoms in total. The van der Waals surface area contributed by atoms with Gasteiger partial charge < -0.3 is 15.2 Å². The van der Waals surface area contributed by atoms with E-state index < -0.39 is 5.91 Å². The van der Waals surface area contributed by atoms with E-state index in [1.807, 2.05) is 19.1 Å². The van der Waals surface area contributed by atoms with E-state index in [-0.39, 0.29) is 17.2 Å². The third-order valence-electron chi connectivity index (χ3n) is 5.11. The van der Waals surface area contributed by atoms with Crippen LogP contribution < -0.4 is 16.2 Å². The molecule has 146 valence electrons. The van der Waals surface area contributed by atoms with Crippen LogP contribution in [0.4, 0.5) is 5.69 Å². The number of benzene rings is 1. The molecule has 0 spiro atoms. The summed E-state index contributed by atoms with van der Waals surface area (Å²) in [5.41, 5.74) is 1.85. The average molecular weight is 417 g/mol. The summed E-state index contributed by atoms with van der Waals surface area (Å²) in [6, 6.07) is 5.49. The van der Waals surface area contributed by atoms with Gasteiger partial charge in [-0.25, -0.2) is 4.98 Å². The Balaban J connectivity index is 1.68. The lowest BCUT2D eigenvalue weighted by Gasteiger charge is -2.25. The first-order valence-electron chi connectivity index (χ1n) is 9.25. The number of rotatable bonds is 3. The lowest BCUT2D eigenvalue weighted by molar-refractivity contribution is 0.102. The number of amides is 1. The van der Waals surface area contributed by atoms with E-state index >= 15 is 0 Å². The van der Waals surface area contributed by atoms with Gasteiger partial charge >= 0.3 is 0 Å². The normalized spacial score (nSPS) is 15.1. The SMILES string of the molecule is Cc1nc2ccc(NC(=O)c3c(C)ccn(C4CCNCC4)c3=O)c(Cl)c2s1. The minimum atomic E-state index is -0.437. The molecule has 0 unspecified atom stereocenters. The van der Waals surface area contributed by atoms with Gasteiger partial charge in [0.2, 0.25) is 0 Å². The number of anilines is 1. The Morgan fingerprint density at radius 2 is 2.04 bits per heavy atom. The van der Waals surface area contributed by atoms with Crippen molar-refractivity contribution in [2.75, 3.05) is 18.4 Å². The second kappa shape index (κ2) is 7.66. The predicted molar refractivity (Wildman–Crippen MR) is 114 cm³/mol. The molecule has 2 N–H and O–H groups in total. The summed E-state index contributed by atoms with van der Waals surface area (Å²) in [5, 5.41) is 7.47. The van der Waals surface area contributed by atoms with Crippen LogP contribution in [0.25, 0.3) is 10.2 Å². The molecule has 0 radical (unpaired) electrons. The summed E-state index contributed by atoms with van der Waals surface area (Å²) in [6.45, 7) is 5.43. The number of piperidine rings is 1. The monoisotopic (exact) mass is 416 g/mol. The maximum atomic E-state index is 13.1. The number of aromatic nitrogens is 2. The highest BCUT2D eigenvalue weighted by molar-refractivity contribution is 7.19. The van der Waals surface area contributed by atoms with Gasteiger partial charge in [-0.3, -0.25) is 9.59 Å². The van der Waals surface area contributed by atoms with E-state index in [4.69, 9.17) is 11.6 Å². The van der Waals surface area contributed by atoms with Crippen molar-refractivity contribution < 1.29 is 4.79 Å². The van der Waals surface area contributed by atoms with Crippen LogP contribution in [0, 0.1) is 13.8 Å². The van der Waals surface area contributed by atoms with Crippen molar-refractivity contribution in [1.29, 1.82) is 0 Å². The van der Waals surface area contributed by atoms with Crippen molar-refractivity contribution in [3.05, 3.63) is 55.9 Å². The van der Waals surface area contributed by atoms with Gasteiger partial charge in [-0.1, -0.05) is 11.6 Å². The van der Waals surface area contributed by atoms with Crippen LogP contribution in [-0.2, 0) is 0 Å². The lowest BCUT2D eigenvalue weighted by atomic mass is 10.0. The highest BCUT2D eigenvalue weighted by atomic mass is 35.5. The van der Waals surface area contributed by atoms with Crippen LogP contribution in [0.2, 0.25) is 5.02 Å². The van der Waals surface area contributed by atoms with Crippen LogP contribution >= 0.6 is 22.9 Å². The smallest absolute Gasteiger partial charge is 0.263 e. The number of hydrogen-bond donors (Lipinski definition) is 2. The van der Waals surface area contributed by atoms with Crippen LogP contribution in [0.3, 0.4) is 0 Å². The number of halogens is 1. The molecule has 4 rings (SSSR count). The molecule has 0 bridgehead atoms. The molecule has 8 heteroatoms. The Labute approximate surface area is 171 Å². The average Bonchev–Trinajstić information content (AvgIpc) is 3.06. The zero-order valence-electron chi connectivity index (χ0n) is 15.7. The number of carbonyl (C=O) groups is 1. The summed E-state index contributed by atoms with van der Waals surface area (Å²) < 4.78 is 2.52. The third-order valence-corrected chi connectivity index (χ3v) is 6.62. The van der Waals surface area contributed by atoms with Crippen molar-refractivity contribution in [2.45, 2.75) is 32.7 Å². The zero-order chi connectivity index (χ0) is 19.8. The van der Waals surface area contributed by atoms with Gasteiger partial charge in [-0.2, -0.15) is 0 Å². The largest absolute Gasteiger partial charge is 0.320 e. The van der Waals surface area contributed by atoms with Crippen LogP contribution in [-0.4, -0.2) is 28.5 Å². The van der Waals surface area contributed by atoms with E-state index in [0.717, 1.165) is 41.2 Å². The van der Waals surface area contributed by atoms with Gasteiger partial charge in [0, 0.05) is 12.2 Å². The number of hydrogen-bond acceptors (Lipinski definition) is 5. The topological polar surface area (TPSA) is 76.0 Å². The molecule has 1 amide bonds. The molecular weight excluding hydrogens is 396 g/mol. The zero-order valence-corrected chi connectivity index (χ0v) is 17.3. The second-order valence-corrected chi connectivity index (χ2v) is 8.61.